The van der Waals surface area contributed by atoms with Crippen LogP contribution in [-0.4, -0.2) is 43.6 Å². The van der Waals surface area contributed by atoms with Gasteiger partial charge in [-0.1, -0.05) is 12.1 Å². The van der Waals surface area contributed by atoms with Gasteiger partial charge in [-0.05, 0) is 70.1 Å². The van der Waals surface area contributed by atoms with E-state index in [9.17, 15) is 8.42 Å². The van der Waals surface area contributed by atoms with Crippen LogP contribution < -0.4 is 20.1 Å². The van der Waals surface area contributed by atoms with Crippen molar-refractivity contribution in [2.75, 3.05) is 18.4 Å². The van der Waals surface area contributed by atoms with Gasteiger partial charge in [-0.2, -0.15) is 0 Å². The van der Waals surface area contributed by atoms with E-state index in [1.54, 1.807) is 44.3 Å². The molecular formula is C22H27N5O3S. The molecule has 1 aliphatic heterocycles. The monoisotopic (exact) mass is 441 g/mol. The van der Waals surface area contributed by atoms with Crippen molar-refractivity contribution in [3.8, 4) is 5.75 Å². The van der Waals surface area contributed by atoms with Crippen LogP contribution in [0.1, 0.15) is 26.7 Å². The summed E-state index contributed by atoms with van der Waals surface area (Å²) in [6, 6.07) is 12.2. The molecule has 8 nitrogen and oxygen atoms in total. The van der Waals surface area contributed by atoms with E-state index in [1.165, 1.54) is 0 Å². The highest BCUT2D eigenvalue weighted by Crippen LogP contribution is 2.27. The maximum atomic E-state index is 12.3. The van der Waals surface area contributed by atoms with Crippen molar-refractivity contribution < 1.29 is 13.2 Å². The van der Waals surface area contributed by atoms with Gasteiger partial charge in [0.2, 0.25) is 16.0 Å². The first kappa shape index (κ1) is 21.5. The first-order valence-electron chi connectivity index (χ1n) is 10.4. The van der Waals surface area contributed by atoms with Gasteiger partial charge >= 0.3 is 0 Å². The van der Waals surface area contributed by atoms with Crippen LogP contribution in [0.5, 0.6) is 5.75 Å². The van der Waals surface area contributed by atoms with Crippen LogP contribution in [0.25, 0.3) is 10.9 Å². The highest BCUT2D eigenvalue weighted by atomic mass is 32.2. The van der Waals surface area contributed by atoms with Crippen LogP contribution in [0, 0.1) is 0 Å². The Morgan fingerprint density at radius 3 is 2.55 bits per heavy atom. The fourth-order valence-corrected chi connectivity index (χ4v) is 4.75. The number of fused-ring (bicyclic) bond motifs is 1. The minimum atomic E-state index is -3.53. The molecule has 3 aromatic rings. The SMILES string of the molecule is CC(C)NS(=O)(=O)c1ccc(Nc2ncc3cccc(OC4CCNCC4)c3n2)cc1. The van der Waals surface area contributed by atoms with Gasteiger partial charge in [0, 0.05) is 23.3 Å². The topological polar surface area (TPSA) is 105 Å². The molecule has 1 saturated heterocycles. The van der Waals surface area contributed by atoms with Gasteiger partial charge in [0.25, 0.3) is 0 Å². The first-order valence-corrected chi connectivity index (χ1v) is 11.9. The van der Waals surface area contributed by atoms with Crippen molar-refractivity contribution in [1.82, 2.24) is 20.0 Å². The maximum absolute atomic E-state index is 12.3. The van der Waals surface area contributed by atoms with Crippen molar-refractivity contribution in [3.63, 3.8) is 0 Å². The Morgan fingerprint density at radius 1 is 1.10 bits per heavy atom. The number of benzene rings is 2. The number of aromatic nitrogens is 2. The number of para-hydroxylation sites is 1. The van der Waals surface area contributed by atoms with Crippen LogP contribution in [0.15, 0.2) is 53.6 Å². The standard InChI is InChI=1S/C22H27N5O3S/c1-15(2)27-31(28,29)19-8-6-17(7-9-19)25-22-24-14-16-4-3-5-20(21(16)26-22)30-18-10-12-23-13-11-18/h3-9,14-15,18,23,27H,10-13H2,1-2H3,(H,24,25,26). The van der Waals surface area contributed by atoms with E-state index in [0.717, 1.165) is 42.6 Å². The Hall–Kier alpha value is -2.75. The second-order valence-electron chi connectivity index (χ2n) is 7.88. The maximum Gasteiger partial charge on any atom is 0.240 e. The van der Waals surface area contributed by atoms with Gasteiger partial charge in [0.15, 0.2) is 0 Å². The Balaban J connectivity index is 1.54. The number of nitrogens with one attached hydrogen (secondary N) is 3. The molecular weight excluding hydrogens is 414 g/mol. The number of anilines is 2. The average Bonchev–Trinajstić information content (AvgIpc) is 2.74. The van der Waals surface area contributed by atoms with Crippen molar-refractivity contribution in [1.29, 1.82) is 0 Å². The normalized spacial score (nSPS) is 15.3. The van der Waals surface area contributed by atoms with Crippen LogP contribution in [0.2, 0.25) is 0 Å². The Labute approximate surface area is 182 Å². The molecule has 164 valence electrons. The number of ether oxygens (including phenoxy) is 1. The van der Waals surface area contributed by atoms with Crippen molar-refractivity contribution in [2.45, 2.75) is 43.7 Å². The molecule has 4 rings (SSSR count). The van der Waals surface area contributed by atoms with Crippen LogP contribution in [0.3, 0.4) is 0 Å². The summed E-state index contributed by atoms with van der Waals surface area (Å²) in [6.07, 6.45) is 3.86. The average molecular weight is 442 g/mol. The van der Waals surface area contributed by atoms with E-state index < -0.39 is 10.0 Å². The number of hydrogen-bond acceptors (Lipinski definition) is 7. The van der Waals surface area contributed by atoms with Crippen LogP contribution in [0.4, 0.5) is 11.6 Å². The molecule has 0 radical (unpaired) electrons. The van der Waals surface area contributed by atoms with E-state index in [2.05, 4.69) is 25.3 Å². The minimum absolute atomic E-state index is 0.171. The fourth-order valence-electron chi connectivity index (χ4n) is 3.50. The second kappa shape index (κ2) is 9.17. The molecule has 2 heterocycles. The predicted octanol–water partition coefficient (Wildman–Crippen LogP) is 3.19. The predicted molar refractivity (Wildman–Crippen MR) is 121 cm³/mol. The lowest BCUT2D eigenvalue weighted by molar-refractivity contribution is 0.164. The summed E-state index contributed by atoms with van der Waals surface area (Å²) in [4.78, 5) is 9.25. The lowest BCUT2D eigenvalue weighted by atomic mass is 10.1. The summed E-state index contributed by atoms with van der Waals surface area (Å²) in [6.45, 7) is 5.48. The molecule has 0 saturated carbocycles. The summed E-state index contributed by atoms with van der Waals surface area (Å²) >= 11 is 0. The largest absolute Gasteiger partial charge is 0.488 e. The number of sulfonamides is 1. The molecule has 1 aromatic heterocycles. The van der Waals surface area contributed by atoms with Gasteiger partial charge < -0.3 is 15.4 Å². The molecule has 1 fully saturated rings. The third kappa shape index (κ3) is 5.30. The molecule has 3 N–H and O–H groups in total. The highest BCUT2D eigenvalue weighted by molar-refractivity contribution is 7.89. The van der Waals surface area contributed by atoms with E-state index in [0.29, 0.717) is 11.6 Å². The van der Waals surface area contributed by atoms with Gasteiger partial charge in [0.05, 0.1) is 4.90 Å². The summed E-state index contributed by atoms with van der Waals surface area (Å²) in [5, 5.41) is 7.38. The van der Waals surface area contributed by atoms with Gasteiger partial charge in [0.1, 0.15) is 17.4 Å². The Morgan fingerprint density at radius 2 is 1.84 bits per heavy atom. The highest BCUT2D eigenvalue weighted by Gasteiger charge is 2.17. The molecule has 2 aromatic carbocycles. The summed E-state index contributed by atoms with van der Waals surface area (Å²) in [5.41, 5.74) is 1.44. The fraction of sp³-hybridized carbons (Fsp3) is 0.364. The number of nitrogens with zero attached hydrogens (tertiary/aromatic N) is 2. The van der Waals surface area contributed by atoms with Gasteiger partial charge in [-0.25, -0.2) is 23.1 Å². The third-order valence-electron chi connectivity index (χ3n) is 4.97. The van der Waals surface area contributed by atoms with Crippen molar-refractivity contribution >= 4 is 32.6 Å². The molecule has 0 spiro atoms. The quantitative estimate of drug-likeness (QED) is 0.517. The molecule has 0 bridgehead atoms. The Kier molecular flexibility index (Phi) is 6.35. The molecule has 0 aliphatic carbocycles. The zero-order valence-corrected chi connectivity index (χ0v) is 18.4. The third-order valence-corrected chi connectivity index (χ3v) is 6.64. The lowest BCUT2D eigenvalue weighted by Gasteiger charge is -2.24. The van der Waals surface area contributed by atoms with Crippen LogP contribution in [-0.2, 0) is 10.0 Å². The molecule has 0 atom stereocenters. The van der Waals surface area contributed by atoms with E-state index in [4.69, 9.17) is 4.74 Å². The van der Waals surface area contributed by atoms with Crippen molar-refractivity contribution in [3.05, 3.63) is 48.7 Å². The molecule has 0 amide bonds. The van der Waals surface area contributed by atoms with E-state index >= 15 is 0 Å². The number of piperidine rings is 1. The zero-order valence-electron chi connectivity index (χ0n) is 17.6. The summed E-state index contributed by atoms with van der Waals surface area (Å²) in [5.74, 6) is 1.17. The van der Waals surface area contributed by atoms with Crippen molar-refractivity contribution in [2.24, 2.45) is 0 Å². The van der Waals surface area contributed by atoms with Gasteiger partial charge in [-0.3, -0.25) is 0 Å². The zero-order chi connectivity index (χ0) is 21.8. The van der Waals surface area contributed by atoms with E-state index in [-0.39, 0.29) is 17.0 Å². The summed E-state index contributed by atoms with van der Waals surface area (Å²) in [7, 11) is -3.53. The number of rotatable bonds is 7. The summed E-state index contributed by atoms with van der Waals surface area (Å²) < 4.78 is 33.4. The Bertz CT molecular complexity index is 1140. The molecule has 1 aliphatic rings. The molecule has 31 heavy (non-hydrogen) atoms. The van der Waals surface area contributed by atoms with E-state index in [1.807, 2.05) is 18.2 Å². The minimum Gasteiger partial charge on any atom is -0.488 e. The molecule has 9 heteroatoms. The first-order chi connectivity index (χ1) is 14.9. The van der Waals surface area contributed by atoms with Crippen LogP contribution >= 0.6 is 0 Å². The smallest absolute Gasteiger partial charge is 0.240 e. The second-order valence-corrected chi connectivity index (χ2v) is 9.59. The lowest BCUT2D eigenvalue weighted by Crippen LogP contribution is -2.34. The van der Waals surface area contributed by atoms with Gasteiger partial charge in [-0.15, -0.1) is 0 Å². The number of hydrogen-bond donors (Lipinski definition) is 3. The molecule has 0 unspecified atom stereocenters.